The van der Waals surface area contributed by atoms with Crippen molar-refractivity contribution < 1.29 is 32.2 Å². The van der Waals surface area contributed by atoms with Crippen molar-refractivity contribution in [1.29, 1.82) is 0 Å². The standard InChI is InChI=1S/C17H15ClF3NO4/c1-24-11-6-12(25-2)8-13(7-11)26-9-16(23)22-15-5-10(17(19,20)21)3-4-14(15)18/h3-8H,9H2,1-2H3,(H,22,23). The van der Waals surface area contributed by atoms with E-state index in [9.17, 15) is 18.0 Å². The van der Waals surface area contributed by atoms with Crippen molar-refractivity contribution in [2.75, 3.05) is 26.1 Å². The molecule has 2 aromatic rings. The van der Waals surface area contributed by atoms with Gasteiger partial charge in [-0.1, -0.05) is 11.6 Å². The highest BCUT2D eigenvalue weighted by Gasteiger charge is 2.31. The third-order valence-electron chi connectivity index (χ3n) is 3.26. The molecule has 140 valence electrons. The van der Waals surface area contributed by atoms with Crippen LogP contribution in [-0.4, -0.2) is 26.7 Å². The first-order valence-electron chi connectivity index (χ1n) is 7.25. The largest absolute Gasteiger partial charge is 0.496 e. The van der Waals surface area contributed by atoms with Crippen LogP contribution in [0.2, 0.25) is 5.02 Å². The lowest BCUT2D eigenvalue weighted by molar-refractivity contribution is -0.137. The quantitative estimate of drug-likeness (QED) is 0.796. The van der Waals surface area contributed by atoms with Gasteiger partial charge >= 0.3 is 6.18 Å². The second-order valence-electron chi connectivity index (χ2n) is 5.08. The lowest BCUT2D eigenvalue weighted by Crippen LogP contribution is -2.20. The number of hydrogen-bond acceptors (Lipinski definition) is 4. The number of carbonyl (C=O) groups excluding carboxylic acids is 1. The molecule has 5 nitrogen and oxygen atoms in total. The molecule has 9 heteroatoms. The van der Waals surface area contributed by atoms with Gasteiger partial charge in [0.05, 0.1) is 30.5 Å². The lowest BCUT2D eigenvalue weighted by atomic mass is 10.2. The molecule has 0 saturated carbocycles. The van der Waals surface area contributed by atoms with E-state index < -0.39 is 24.3 Å². The fourth-order valence-electron chi connectivity index (χ4n) is 2.00. The van der Waals surface area contributed by atoms with Crippen molar-refractivity contribution in [2.24, 2.45) is 0 Å². The van der Waals surface area contributed by atoms with Gasteiger partial charge < -0.3 is 19.5 Å². The van der Waals surface area contributed by atoms with Crippen molar-refractivity contribution in [1.82, 2.24) is 0 Å². The molecule has 0 unspecified atom stereocenters. The molecular weight excluding hydrogens is 375 g/mol. The summed E-state index contributed by atoms with van der Waals surface area (Å²) >= 11 is 5.83. The summed E-state index contributed by atoms with van der Waals surface area (Å²) < 4.78 is 53.7. The van der Waals surface area contributed by atoms with E-state index in [0.29, 0.717) is 17.2 Å². The molecule has 0 heterocycles. The molecule has 0 spiro atoms. The minimum atomic E-state index is -4.54. The van der Waals surface area contributed by atoms with Crippen LogP contribution in [0.4, 0.5) is 18.9 Å². The first kappa shape index (κ1) is 19.7. The molecule has 2 aromatic carbocycles. The highest BCUT2D eigenvalue weighted by atomic mass is 35.5. The van der Waals surface area contributed by atoms with Gasteiger partial charge in [0.15, 0.2) is 6.61 Å². The number of anilines is 1. The molecular formula is C17H15ClF3NO4. The zero-order valence-corrected chi connectivity index (χ0v) is 14.6. The third kappa shape index (κ3) is 5.19. The van der Waals surface area contributed by atoms with Crippen molar-refractivity contribution in [2.45, 2.75) is 6.18 Å². The SMILES string of the molecule is COc1cc(OC)cc(OCC(=O)Nc2cc(C(F)(F)F)ccc2Cl)c1. The predicted octanol–water partition coefficient (Wildman–Crippen LogP) is 4.39. The normalized spacial score (nSPS) is 11.0. The first-order chi connectivity index (χ1) is 12.2. The highest BCUT2D eigenvalue weighted by molar-refractivity contribution is 6.33. The second kappa shape index (κ2) is 8.18. The summed E-state index contributed by atoms with van der Waals surface area (Å²) in [4.78, 5) is 12.0. The van der Waals surface area contributed by atoms with E-state index in [0.717, 1.165) is 18.2 Å². The summed E-state index contributed by atoms with van der Waals surface area (Å²) in [6.07, 6.45) is -4.54. The van der Waals surface area contributed by atoms with Gasteiger partial charge in [-0.25, -0.2) is 0 Å². The summed E-state index contributed by atoms with van der Waals surface area (Å²) in [7, 11) is 2.92. The molecule has 1 amide bonds. The van der Waals surface area contributed by atoms with E-state index >= 15 is 0 Å². The Morgan fingerprint density at radius 3 is 2.15 bits per heavy atom. The number of nitrogens with one attached hydrogen (secondary N) is 1. The minimum Gasteiger partial charge on any atom is -0.496 e. The summed E-state index contributed by atoms with van der Waals surface area (Å²) in [5.41, 5.74) is -1.08. The maximum atomic E-state index is 12.7. The van der Waals surface area contributed by atoms with E-state index in [1.54, 1.807) is 6.07 Å². The zero-order chi connectivity index (χ0) is 19.3. The molecule has 0 saturated heterocycles. The van der Waals surface area contributed by atoms with Crippen LogP contribution in [0.25, 0.3) is 0 Å². The monoisotopic (exact) mass is 389 g/mol. The summed E-state index contributed by atoms with van der Waals surface area (Å²) in [5, 5.41) is 2.27. The maximum Gasteiger partial charge on any atom is 0.416 e. The number of rotatable bonds is 6. The third-order valence-corrected chi connectivity index (χ3v) is 3.59. The number of carbonyl (C=O) groups is 1. The Bertz CT molecular complexity index is 774. The lowest BCUT2D eigenvalue weighted by Gasteiger charge is -2.13. The van der Waals surface area contributed by atoms with Crippen molar-refractivity contribution in [3.8, 4) is 17.2 Å². The molecule has 0 aliphatic heterocycles. The van der Waals surface area contributed by atoms with Gasteiger partial charge in [-0.05, 0) is 18.2 Å². The average molecular weight is 390 g/mol. The number of methoxy groups -OCH3 is 2. The predicted molar refractivity (Wildman–Crippen MR) is 90.1 cm³/mol. The number of amides is 1. The Morgan fingerprint density at radius 1 is 1.04 bits per heavy atom. The number of ether oxygens (including phenoxy) is 3. The molecule has 0 aromatic heterocycles. The Kier molecular flexibility index (Phi) is 6.20. The smallest absolute Gasteiger partial charge is 0.416 e. The molecule has 26 heavy (non-hydrogen) atoms. The Hall–Kier alpha value is -2.61. The summed E-state index contributed by atoms with van der Waals surface area (Å²) in [6, 6.07) is 7.34. The molecule has 0 atom stereocenters. The van der Waals surface area contributed by atoms with Gasteiger partial charge in [0.1, 0.15) is 17.2 Å². The minimum absolute atomic E-state index is 0.0191. The molecule has 0 fully saturated rings. The van der Waals surface area contributed by atoms with E-state index in [1.807, 2.05) is 0 Å². The molecule has 0 aliphatic rings. The molecule has 0 bridgehead atoms. The van der Waals surface area contributed by atoms with Crippen LogP contribution in [0.15, 0.2) is 36.4 Å². The van der Waals surface area contributed by atoms with Gasteiger partial charge in [-0.15, -0.1) is 0 Å². The molecule has 2 rings (SSSR count). The Labute approximate surface area is 152 Å². The molecule has 0 aliphatic carbocycles. The Morgan fingerprint density at radius 2 is 1.62 bits per heavy atom. The van der Waals surface area contributed by atoms with Crippen molar-refractivity contribution in [3.05, 3.63) is 47.0 Å². The van der Waals surface area contributed by atoms with Crippen LogP contribution < -0.4 is 19.5 Å². The van der Waals surface area contributed by atoms with Gasteiger partial charge in [0.2, 0.25) is 0 Å². The topological polar surface area (TPSA) is 56.8 Å². The number of hydrogen-bond donors (Lipinski definition) is 1. The van der Waals surface area contributed by atoms with Gasteiger partial charge in [-0.2, -0.15) is 13.2 Å². The van der Waals surface area contributed by atoms with E-state index in [1.165, 1.54) is 26.4 Å². The zero-order valence-electron chi connectivity index (χ0n) is 13.8. The van der Waals surface area contributed by atoms with Crippen LogP contribution in [0.3, 0.4) is 0 Å². The van der Waals surface area contributed by atoms with Gasteiger partial charge in [0.25, 0.3) is 5.91 Å². The Balaban J connectivity index is 2.06. The number of alkyl halides is 3. The molecule has 0 radical (unpaired) electrons. The number of halogens is 4. The van der Waals surface area contributed by atoms with E-state index in [-0.39, 0.29) is 10.7 Å². The summed E-state index contributed by atoms with van der Waals surface area (Å²) in [6.45, 7) is -0.442. The van der Waals surface area contributed by atoms with Crippen molar-refractivity contribution in [3.63, 3.8) is 0 Å². The van der Waals surface area contributed by atoms with E-state index in [2.05, 4.69) is 5.32 Å². The summed E-state index contributed by atoms with van der Waals surface area (Å²) in [5.74, 6) is 0.542. The number of benzene rings is 2. The second-order valence-corrected chi connectivity index (χ2v) is 5.48. The van der Waals surface area contributed by atoms with Crippen LogP contribution >= 0.6 is 11.6 Å². The van der Waals surface area contributed by atoms with Crippen LogP contribution in [0.5, 0.6) is 17.2 Å². The van der Waals surface area contributed by atoms with Crippen molar-refractivity contribution >= 4 is 23.2 Å². The molecule has 1 N–H and O–H groups in total. The first-order valence-corrected chi connectivity index (χ1v) is 7.63. The van der Waals surface area contributed by atoms with E-state index in [4.69, 9.17) is 25.8 Å². The highest BCUT2D eigenvalue weighted by Crippen LogP contribution is 2.34. The van der Waals surface area contributed by atoms with Crippen LogP contribution in [0.1, 0.15) is 5.56 Å². The van der Waals surface area contributed by atoms with Gasteiger partial charge in [0, 0.05) is 18.2 Å². The van der Waals surface area contributed by atoms with Gasteiger partial charge in [-0.3, -0.25) is 4.79 Å². The fraction of sp³-hybridized carbons (Fsp3) is 0.235. The fourth-order valence-corrected chi connectivity index (χ4v) is 2.16. The van der Waals surface area contributed by atoms with Crippen LogP contribution in [-0.2, 0) is 11.0 Å². The maximum absolute atomic E-state index is 12.7. The average Bonchev–Trinajstić information content (AvgIpc) is 2.60. The van der Waals surface area contributed by atoms with Crippen LogP contribution in [0, 0.1) is 0 Å².